The van der Waals surface area contributed by atoms with Crippen LogP contribution in [-0.2, 0) is 16.1 Å². The highest BCUT2D eigenvalue weighted by Gasteiger charge is 2.26. The minimum atomic E-state index is -1.25. The molecule has 0 saturated carbocycles. The van der Waals surface area contributed by atoms with Crippen molar-refractivity contribution in [3.05, 3.63) is 52.7 Å². The summed E-state index contributed by atoms with van der Waals surface area (Å²) < 4.78 is 5.29. The summed E-state index contributed by atoms with van der Waals surface area (Å²) in [6, 6.07) is 9.90. The van der Waals surface area contributed by atoms with E-state index in [-0.39, 0.29) is 50.9 Å². The monoisotopic (exact) mass is 561 g/mol. The summed E-state index contributed by atoms with van der Waals surface area (Å²) in [5, 5.41) is 33.2. The Labute approximate surface area is 230 Å². The van der Waals surface area contributed by atoms with Gasteiger partial charge < -0.3 is 36.2 Å². The Kier molecular flexibility index (Phi) is 11.3. The molecule has 1 saturated heterocycles. The molecule has 0 bridgehead atoms. The molecule has 0 aliphatic carbocycles. The van der Waals surface area contributed by atoms with E-state index in [0.29, 0.717) is 5.56 Å². The molecule has 12 nitrogen and oxygen atoms in total. The average Bonchev–Trinajstić information content (AvgIpc) is 3.28. The van der Waals surface area contributed by atoms with Crippen LogP contribution in [0, 0.1) is 0 Å². The number of piperazine rings is 1. The maximum atomic E-state index is 11.7. The maximum Gasteiger partial charge on any atom is 0.358 e. The molecule has 0 atom stereocenters. The van der Waals surface area contributed by atoms with E-state index in [1.165, 1.54) is 19.9 Å². The molecule has 1 aliphatic heterocycles. The number of aromatic hydroxyl groups is 2. The van der Waals surface area contributed by atoms with Gasteiger partial charge in [-0.3, -0.25) is 14.5 Å². The molecule has 1 aliphatic rings. The predicted molar refractivity (Wildman–Crippen MR) is 145 cm³/mol. The number of carbonyl (C=O) groups excluding carboxylic acids is 2. The van der Waals surface area contributed by atoms with Crippen molar-refractivity contribution in [2.45, 2.75) is 20.4 Å². The molecule has 2 amide bonds. The van der Waals surface area contributed by atoms with E-state index < -0.39 is 5.97 Å². The van der Waals surface area contributed by atoms with Gasteiger partial charge in [-0.15, -0.1) is 0 Å². The second kappa shape index (κ2) is 14.1. The van der Waals surface area contributed by atoms with Gasteiger partial charge in [-0.05, 0) is 24.2 Å². The van der Waals surface area contributed by atoms with E-state index in [0.717, 1.165) is 44.4 Å². The standard InChI is InChI=1S/C22H22ClN3O5.2C2H5NO/c1-25-6-8-26(9-7-25)12-13-2-4-14(5-3-13)19-20(22(29)30)24-31-21(19)15-10-16(23)18(28)11-17(15)27;2*1-2(3)4/h2-5,10-11,27-28H,6-9,12H2,1H3,(H,29,30);2*1H3,(H2,3,4). The Morgan fingerprint density at radius 2 is 1.51 bits per heavy atom. The number of primary amides is 2. The number of halogens is 1. The normalized spacial score (nSPS) is 13.4. The summed E-state index contributed by atoms with van der Waals surface area (Å²) in [6.07, 6.45) is 0. The largest absolute Gasteiger partial charge is 0.507 e. The number of nitrogens with two attached hydrogens (primary N) is 2. The lowest BCUT2D eigenvalue weighted by Crippen LogP contribution is -2.43. The number of carboxylic acids is 1. The summed E-state index contributed by atoms with van der Waals surface area (Å²) in [5.41, 5.74) is 10.7. The van der Waals surface area contributed by atoms with Crippen molar-refractivity contribution in [3.8, 4) is 33.9 Å². The molecule has 0 spiro atoms. The zero-order valence-electron chi connectivity index (χ0n) is 21.8. The highest BCUT2D eigenvalue weighted by atomic mass is 35.5. The number of rotatable bonds is 5. The number of carbonyl (C=O) groups is 3. The number of benzene rings is 2. The van der Waals surface area contributed by atoms with Crippen molar-refractivity contribution in [2.24, 2.45) is 11.5 Å². The molecule has 13 heteroatoms. The zero-order valence-corrected chi connectivity index (χ0v) is 22.6. The molecule has 1 aromatic heterocycles. The molecular weight excluding hydrogens is 530 g/mol. The first-order valence-corrected chi connectivity index (χ1v) is 12.1. The Balaban J connectivity index is 0.000000590. The molecule has 1 fully saturated rings. The first-order valence-electron chi connectivity index (χ1n) is 11.8. The third-order valence-electron chi connectivity index (χ3n) is 5.45. The number of aromatic carboxylic acids is 1. The lowest BCUT2D eigenvalue weighted by molar-refractivity contribution is -0.116. The fourth-order valence-corrected chi connectivity index (χ4v) is 3.83. The molecule has 39 heavy (non-hydrogen) atoms. The van der Waals surface area contributed by atoms with Crippen molar-refractivity contribution in [2.75, 3.05) is 33.2 Å². The van der Waals surface area contributed by atoms with Crippen LogP contribution in [0.15, 0.2) is 40.9 Å². The smallest absolute Gasteiger partial charge is 0.358 e. The third-order valence-corrected chi connectivity index (χ3v) is 5.75. The quantitative estimate of drug-likeness (QED) is 0.308. The molecule has 0 unspecified atom stereocenters. The SMILES string of the molecule is CC(N)=O.CC(N)=O.CN1CCN(Cc2ccc(-c3c(C(=O)O)noc3-c3cc(Cl)c(O)cc3O)cc2)CC1. The van der Waals surface area contributed by atoms with Gasteiger partial charge in [-0.2, -0.15) is 0 Å². The van der Waals surface area contributed by atoms with Crippen molar-refractivity contribution >= 4 is 29.4 Å². The topological polar surface area (TPSA) is 196 Å². The van der Waals surface area contributed by atoms with Gasteiger partial charge in [0.1, 0.15) is 11.5 Å². The number of aromatic nitrogens is 1. The summed E-state index contributed by atoms with van der Waals surface area (Å²) in [7, 11) is 2.11. The molecule has 2 aromatic carbocycles. The molecule has 7 N–H and O–H groups in total. The summed E-state index contributed by atoms with van der Waals surface area (Å²) in [5.74, 6) is -2.46. The number of hydrogen-bond donors (Lipinski definition) is 5. The van der Waals surface area contributed by atoms with Crippen LogP contribution in [0.1, 0.15) is 29.9 Å². The maximum absolute atomic E-state index is 11.7. The summed E-state index contributed by atoms with van der Waals surface area (Å²) >= 11 is 5.98. The number of phenolic OH excluding ortho intramolecular Hbond substituents is 2. The minimum absolute atomic E-state index is 0.00505. The zero-order chi connectivity index (χ0) is 29.3. The average molecular weight is 562 g/mol. The predicted octanol–water partition coefficient (Wildman–Crippen LogP) is 2.50. The second-order valence-corrected chi connectivity index (χ2v) is 9.27. The van der Waals surface area contributed by atoms with Gasteiger partial charge in [0.15, 0.2) is 11.5 Å². The van der Waals surface area contributed by atoms with Crippen LogP contribution in [0.25, 0.3) is 22.5 Å². The second-order valence-electron chi connectivity index (χ2n) is 8.86. The van der Waals surface area contributed by atoms with E-state index >= 15 is 0 Å². The van der Waals surface area contributed by atoms with Gasteiger partial charge >= 0.3 is 5.97 Å². The molecule has 0 radical (unpaired) electrons. The van der Waals surface area contributed by atoms with E-state index in [2.05, 4.69) is 33.5 Å². The molecule has 2 heterocycles. The van der Waals surface area contributed by atoms with Gasteiger partial charge in [-0.25, -0.2) is 4.79 Å². The summed E-state index contributed by atoms with van der Waals surface area (Å²) in [4.78, 5) is 34.9. The van der Waals surface area contributed by atoms with Gasteiger partial charge in [0.05, 0.1) is 16.1 Å². The Morgan fingerprint density at radius 1 is 0.974 bits per heavy atom. The Morgan fingerprint density at radius 3 is 2.03 bits per heavy atom. The Bertz CT molecular complexity index is 1280. The first-order chi connectivity index (χ1) is 18.3. The van der Waals surface area contributed by atoms with Crippen LogP contribution in [0.4, 0.5) is 0 Å². The lowest BCUT2D eigenvalue weighted by atomic mass is 9.97. The van der Waals surface area contributed by atoms with Gasteiger partial charge in [-0.1, -0.05) is 41.0 Å². The Hall–Kier alpha value is -4.13. The first kappa shape index (κ1) is 31.1. The fourth-order valence-electron chi connectivity index (χ4n) is 3.66. The van der Waals surface area contributed by atoms with Crippen LogP contribution in [0.3, 0.4) is 0 Å². The van der Waals surface area contributed by atoms with Crippen molar-refractivity contribution in [1.29, 1.82) is 0 Å². The van der Waals surface area contributed by atoms with Crippen molar-refractivity contribution in [1.82, 2.24) is 15.0 Å². The van der Waals surface area contributed by atoms with Crippen LogP contribution < -0.4 is 11.5 Å². The number of carboxylic acid groups (broad SMARTS) is 1. The van der Waals surface area contributed by atoms with Crippen LogP contribution in [0.2, 0.25) is 5.02 Å². The molecule has 210 valence electrons. The number of phenols is 2. The van der Waals surface area contributed by atoms with E-state index in [4.69, 9.17) is 16.1 Å². The van der Waals surface area contributed by atoms with Gasteiger partial charge in [0.2, 0.25) is 11.8 Å². The molecule has 4 rings (SSSR count). The van der Waals surface area contributed by atoms with Crippen LogP contribution >= 0.6 is 11.6 Å². The fraction of sp³-hybridized carbons (Fsp3) is 0.308. The van der Waals surface area contributed by atoms with E-state index in [1.54, 1.807) is 0 Å². The highest BCUT2D eigenvalue weighted by molar-refractivity contribution is 6.32. The van der Waals surface area contributed by atoms with Gasteiger partial charge in [0.25, 0.3) is 0 Å². The number of nitrogens with zero attached hydrogens (tertiary/aromatic N) is 3. The number of hydrogen-bond acceptors (Lipinski definition) is 9. The number of likely N-dealkylation sites (N-methyl/N-ethyl adjacent to an activating group) is 1. The lowest BCUT2D eigenvalue weighted by Gasteiger charge is -2.32. The molecule has 3 aromatic rings. The van der Waals surface area contributed by atoms with Crippen molar-refractivity contribution in [3.63, 3.8) is 0 Å². The van der Waals surface area contributed by atoms with Crippen LogP contribution in [0.5, 0.6) is 11.5 Å². The highest BCUT2D eigenvalue weighted by Crippen LogP contribution is 2.42. The van der Waals surface area contributed by atoms with Crippen molar-refractivity contribution < 1.29 is 34.2 Å². The van der Waals surface area contributed by atoms with Crippen LogP contribution in [-0.4, -0.2) is 81.3 Å². The summed E-state index contributed by atoms with van der Waals surface area (Å²) in [6.45, 7) is 7.48. The minimum Gasteiger partial charge on any atom is -0.507 e. The van der Waals surface area contributed by atoms with Gasteiger partial charge in [0, 0.05) is 52.6 Å². The van der Waals surface area contributed by atoms with E-state index in [1.807, 2.05) is 24.3 Å². The number of amides is 2. The van der Waals surface area contributed by atoms with E-state index in [9.17, 15) is 29.7 Å². The molecular formula is C26H32ClN5O7. The third kappa shape index (κ3) is 9.28.